The van der Waals surface area contributed by atoms with Crippen molar-refractivity contribution < 1.29 is 22.5 Å². The summed E-state index contributed by atoms with van der Waals surface area (Å²) >= 11 is 11.7. The highest BCUT2D eigenvalue weighted by Gasteiger charge is 2.54. The van der Waals surface area contributed by atoms with E-state index < -0.39 is 15.9 Å². The van der Waals surface area contributed by atoms with Crippen LogP contribution in [0.5, 0.6) is 0 Å². The molecule has 2 bridgehead atoms. The fourth-order valence-corrected chi connectivity index (χ4v) is 5.83. The van der Waals surface area contributed by atoms with E-state index in [1.165, 1.54) is 53.9 Å². The summed E-state index contributed by atoms with van der Waals surface area (Å²) in [6.45, 7) is 8.90. The highest BCUT2D eigenvalue weighted by molar-refractivity contribution is 7.90. The molecule has 9 heteroatoms. The molecule has 6 nitrogen and oxygen atoms in total. The number of alkyl halides is 2. The van der Waals surface area contributed by atoms with E-state index in [-0.39, 0.29) is 10.5 Å². The van der Waals surface area contributed by atoms with Crippen LogP contribution in [0.1, 0.15) is 5.56 Å². The summed E-state index contributed by atoms with van der Waals surface area (Å²) in [6.07, 6.45) is 0. The maximum absolute atomic E-state index is 11.1. The van der Waals surface area contributed by atoms with Gasteiger partial charge in [-0.15, -0.1) is 23.2 Å². The molecule has 3 aliphatic rings. The number of quaternary nitrogens is 2. The van der Waals surface area contributed by atoms with Crippen LogP contribution in [0, 0.1) is 0 Å². The second-order valence-electron chi connectivity index (χ2n) is 6.91. The summed E-state index contributed by atoms with van der Waals surface area (Å²) in [5, 5.41) is 10.9. The Morgan fingerprint density at radius 2 is 1.52 bits per heavy atom. The molecule has 0 amide bonds. The summed E-state index contributed by atoms with van der Waals surface area (Å²) in [6, 6.07) is 5.99. The summed E-state index contributed by atoms with van der Waals surface area (Å²) < 4.78 is 27.7. The first-order valence-electron chi connectivity index (χ1n) is 8.29. The van der Waals surface area contributed by atoms with E-state index in [0.29, 0.717) is 0 Å². The van der Waals surface area contributed by atoms with Crippen LogP contribution in [0.4, 0.5) is 0 Å². The average Bonchev–Trinajstić information content (AvgIpc) is 3.18. The zero-order valence-electron chi connectivity index (χ0n) is 13.9. The minimum atomic E-state index is -3.68. The van der Waals surface area contributed by atoms with Gasteiger partial charge < -0.3 is 5.11 Å². The maximum atomic E-state index is 11.1. The largest absolute Gasteiger partial charge is 0.858 e. The van der Waals surface area contributed by atoms with Crippen molar-refractivity contribution in [2.75, 3.05) is 57.7 Å². The van der Waals surface area contributed by atoms with Crippen molar-refractivity contribution in [3.8, 4) is 0 Å². The number of piperazine rings is 1. The predicted octanol–water partition coefficient (Wildman–Crippen LogP) is 0.578. The van der Waals surface area contributed by atoms with Gasteiger partial charge in [-0.1, -0.05) is 18.2 Å². The van der Waals surface area contributed by atoms with E-state index in [2.05, 4.69) is 4.40 Å². The predicted molar refractivity (Wildman–Crippen MR) is 96.2 cm³/mol. The SMILES string of the molecule is ClCC[N+]12CC[N+](CCCl)(CC1)C2.O=S1(=O)N=C([O-])c2ccccc21. The summed E-state index contributed by atoms with van der Waals surface area (Å²) in [5.41, 5.74) is 0.164. The molecule has 2 fully saturated rings. The van der Waals surface area contributed by atoms with Crippen molar-refractivity contribution in [3.63, 3.8) is 0 Å². The quantitative estimate of drug-likeness (QED) is 0.542. The van der Waals surface area contributed by atoms with E-state index in [4.69, 9.17) is 23.2 Å². The number of rotatable bonds is 4. The van der Waals surface area contributed by atoms with E-state index in [1.807, 2.05) is 0 Å². The first-order valence-corrected chi connectivity index (χ1v) is 10.8. The van der Waals surface area contributed by atoms with Gasteiger partial charge in [0.15, 0.2) is 0 Å². The number of fused-ring (bicyclic) bond motifs is 3. The Morgan fingerprint density at radius 1 is 1.00 bits per heavy atom. The summed E-state index contributed by atoms with van der Waals surface area (Å²) in [5.74, 6) is 0.937. The molecule has 2 saturated heterocycles. The molecular weight excluding hydrogens is 385 g/mol. The Bertz CT molecular complexity index is 755. The van der Waals surface area contributed by atoms with E-state index in [0.717, 1.165) is 24.8 Å². The Kier molecular flexibility index (Phi) is 5.33. The van der Waals surface area contributed by atoms with Crippen molar-refractivity contribution in [2.45, 2.75) is 4.90 Å². The lowest BCUT2D eigenvalue weighted by atomic mass is 10.2. The van der Waals surface area contributed by atoms with Crippen LogP contribution in [-0.4, -0.2) is 81.0 Å². The molecule has 1 aromatic rings. The van der Waals surface area contributed by atoms with Crippen LogP contribution in [0.25, 0.3) is 0 Å². The maximum Gasteiger partial charge on any atom is 0.282 e. The zero-order chi connectivity index (χ0) is 18.1. The lowest BCUT2D eigenvalue weighted by Crippen LogP contribution is -2.48. The fourth-order valence-electron chi connectivity index (χ4n) is 4.01. The smallest absolute Gasteiger partial charge is 0.282 e. The van der Waals surface area contributed by atoms with Crippen LogP contribution in [0.15, 0.2) is 33.6 Å². The monoisotopic (exact) mass is 406 g/mol. The molecule has 0 aromatic heterocycles. The number of halogens is 2. The Morgan fingerprint density at radius 3 is 2.00 bits per heavy atom. The first kappa shape index (κ1) is 18.9. The molecule has 0 radical (unpaired) electrons. The van der Waals surface area contributed by atoms with Gasteiger partial charge in [0, 0.05) is 11.5 Å². The Hall–Kier alpha value is -0.860. The van der Waals surface area contributed by atoms with Crippen LogP contribution in [0.2, 0.25) is 0 Å². The Labute approximate surface area is 158 Å². The molecule has 25 heavy (non-hydrogen) atoms. The van der Waals surface area contributed by atoms with Gasteiger partial charge in [-0.05, 0) is 6.07 Å². The van der Waals surface area contributed by atoms with E-state index >= 15 is 0 Å². The molecule has 0 N–H and O–H groups in total. The van der Waals surface area contributed by atoms with Gasteiger partial charge in [-0.2, -0.15) is 12.8 Å². The van der Waals surface area contributed by atoms with Crippen LogP contribution < -0.4 is 5.11 Å². The molecule has 0 saturated carbocycles. The van der Waals surface area contributed by atoms with Crippen LogP contribution in [0.3, 0.4) is 0 Å². The van der Waals surface area contributed by atoms with Gasteiger partial charge >= 0.3 is 0 Å². The Balaban J connectivity index is 0.000000146. The summed E-state index contributed by atoms with van der Waals surface area (Å²) in [7, 11) is -3.68. The third-order valence-electron chi connectivity index (χ3n) is 5.41. The average molecular weight is 407 g/mol. The van der Waals surface area contributed by atoms with Crippen molar-refractivity contribution in [1.82, 2.24) is 0 Å². The van der Waals surface area contributed by atoms with E-state index in [1.54, 1.807) is 12.1 Å². The molecule has 0 atom stereocenters. The lowest BCUT2D eigenvalue weighted by Gasteiger charge is -2.26. The van der Waals surface area contributed by atoms with Gasteiger partial charge in [0.2, 0.25) is 6.67 Å². The minimum Gasteiger partial charge on any atom is -0.858 e. The molecule has 138 valence electrons. The molecule has 3 aliphatic heterocycles. The third kappa shape index (κ3) is 3.66. The molecule has 0 unspecified atom stereocenters. The number of nitrogens with zero attached hydrogens (tertiary/aromatic N) is 3. The molecule has 3 heterocycles. The molecular formula is C16H22Cl2N3O3S+. The second-order valence-corrected chi connectivity index (χ2v) is 9.24. The number of hydrogen-bond donors (Lipinski definition) is 0. The molecule has 0 aliphatic carbocycles. The highest BCUT2D eigenvalue weighted by Crippen LogP contribution is 2.31. The summed E-state index contributed by atoms with van der Waals surface area (Å²) in [4.78, 5) is 0.00926. The standard InChI is InChI=1S/C9H18Cl2N2.C7H5NO3S/c10-1-3-12-5-7-13(9-12,4-2-11)8-6-12;9-7-5-3-1-2-4-6(5)12(10,11)8-7/h1-9H2;1-4H,(H,8,9)/q+2;/p-1. The van der Waals surface area contributed by atoms with Crippen molar-refractivity contribution in [3.05, 3.63) is 29.8 Å². The highest BCUT2D eigenvalue weighted by atomic mass is 35.5. The molecule has 0 spiro atoms. The van der Waals surface area contributed by atoms with Gasteiger partial charge in [0.25, 0.3) is 10.0 Å². The molecule has 4 rings (SSSR count). The fraction of sp³-hybridized carbons (Fsp3) is 0.562. The lowest BCUT2D eigenvalue weighted by molar-refractivity contribution is -0.985. The molecule has 1 aromatic carbocycles. The van der Waals surface area contributed by atoms with E-state index in [9.17, 15) is 13.5 Å². The van der Waals surface area contributed by atoms with Crippen molar-refractivity contribution in [1.29, 1.82) is 0 Å². The third-order valence-corrected chi connectivity index (χ3v) is 7.07. The number of hydrogen-bond acceptors (Lipinski definition) is 3. The van der Waals surface area contributed by atoms with Crippen LogP contribution >= 0.6 is 23.2 Å². The van der Waals surface area contributed by atoms with Gasteiger partial charge in [-0.3, -0.25) is 8.97 Å². The first-order chi connectivity index (χ1) is 11.9. The minimum absolute atomic E-state index is 0.00926. The van der Waals surface area contributed by atoms with Gasteiger partial charge in [-0.25, -0.2) is 0 Å². The van der Waals surface area contributed by atoms with Gasteiger partial charge in [0.05, 0.1) is 29.7 Å². The van der Waals surface area contributed by atoms with Crippen LogP contribution in [-0.2, 0) is 10.0 Å². The normalized spacial score (nSPS) is 31.2. The van der Waals surface area contributed by atoms with Gasteiger partial charge in [0.1, 0.15) is 26.2 Å². The number of benzene rings is 1. The van der Waals surface area contributed by atoms with Crippen molar-refractivity contribution >= 4 is 39.1 Å². The number of sulfonamides is 1. The zero-order valence-corrected chi connectivity index (χ0v) is 16.2. The second kappa shape index (κ2) is 7.04. The topological polar surface area (TPSA) is 69.6 Å². The van der Waals surface area contributed by atoms with Crippen molar-refractivity contribution in [2.24, 2.45) is 4.40 Å².